The number of halogens is 1. The molecule has 0 heterocycles. The second kappa shape index (κ2) is 8.06. The van der Waals surface area contributed by atoms with Gasteiger partial charge in [-0.2, -0.15) is 0 Å². The molecule has 1 atom stereocenters. The largest absolute Gasteiger partial charge is 0.385 e. The normalized spacial score (nSPS) is 13.8. The first kappa shape index (κ1) is 12.4. The molecule has 0 aromatic carbocycles. The van der Waals surface area contributed by atoms with Crippen molar-refractivity contribution in [2.45, 2.75) is 33.1 Å². The second-order valence-corrected chi connectivity index (χ2v) is 4.43. The molecule has 1 nitrogen and oxygen atoms in total. The molecule has 0 radical (unpaired) electrons. The van der Waals surface area contributed by atoms with E-state index in [1.165, 1.54) is 19.3 Å². The fourth-order valence-electron chi connectivity index (χ4n) is 1.44. The summed E-state index contributed by atoms with van der Waals surface area (Å²) in [6.07, 6.45) is 3.81. The van der Waals surface area contributed by atoms with Crippen LogP contribution in [0.1, 0.15) is 33.1 Å². The Morgan fingerprint density at radius 2 is 2.00 bits per heavy atom. The maximum absolute atomic E-state index is 5.03. The van der Waals surface area contributed by atoms with Crippen molar-refractivity contribution in [3.05, 3.63) is 0 Å². The third-order valence-corrected chi connectivity index (χ3v) is 2.90. The molecule has 0 N–H and O–H groups in total. The van der Waals surface area contributed by atoms with Crippen LogP contribution in [0.5, 0.6) is 0 Å². The van der Waals surface area contributed by atoms with Crippen LogP contribution < -0.4 is 0 Å². The molecule has 74 valence electrons. The Balaban J connectivity index is 3.39. The molecule has 0 rings (SSSR count). The van der Waals surface area contributed by atoms with E-state index in [9.17, 15) is 0 Å². The quantitative estimate of drug-likeness (QED) is 0.486. The molecule has 0 amide bonds. The van der Waals surface area contributed by atoms with E-state index in [0.29, 0.717) is 0 Å². The molecule has 0 saturated heterocycles. The number of rotatable bonds is 7. The summed E-state index contributed by atoms with van der Waals surface area (Å²) >= 11 is 3.56. The van der Waals surface area contributed by atoms with E-state index < -0.39 is 0 Å². The van der Waals surface area contributed by atoms with Gasteiger partial charge in [0, 0.05) is 19.0 Å². The van der Waals surface area contributed by atoms with Gasteiger partial charge < -0.3 is 4.74 Å². The summed E-state index contributed by atoms with van der Waals surface area (Å²) in [5, 5.41) is 1.13. The predicted octanol–water partition coefficient (Wildman–Crippen LogP) is 3.47. The molecule has 2 heteroatoms. The average molecular weight is 237 g/mol. The molecule has 0 aliphatic rings. The lowest BCUT2D eigenvalue weighted by molar-refractivity contribution is 0.186. The molecule has 0 spiro atoms. The van der Waals surface area contributed by atoms with E-state index in [1.54, 1.807) is 7.11 Å². The maximum Gasteiger partial charge on any atom is 0.0462 e. The fourth-order valence-corrected chi connectivity index (χ4v) is 2.03. The molecule has 12 heavy (non-hydrogen) atoms. The summed E-state index contributed by atoms with van der Waals surface area (Å²) in [4.78, 5) is 0. The van der Waals surface area contributed by atoms with Crippen LogP contribution in [0.4, 0.5) is 0 Å². The molecule has 1 unspecified atom stereocenters. The van der Waals surface area contributed by atoms with Gasteiger partial charge in [-0.3, -0.25) is 0 Å². The number of hydrogen-bond donors (Lipinski definition) is 0. The van der Waals surface area contributed by atoms with Crippen molar-refractivity contribution in [3.63, 3.8) is 0 Å². The highest BCUT2D eigenvalue weighted by Crippen LogP contribution is 2.19. The van der Waals surface area contributed by atoms with Crippen LogP contribution in [0.15, 0.2) is 0 Å². The van der Waals surface area contributed by atoms with Gasteiger partial charge in [0.05, 0.1) is 0 Å². The van der Waals surface area contributed by atoms with Crippen molar-refractivity contribution in [3.8, 4) is 0 Å². The third-order valence-electron chi connectivity index (χ3n) is 1.98. The van der Waals surface area contributed by atoms with Gasteiger partial charge in [0.1, 0.15) is 0 Å². The minimum absolute atomic E-state index is 0.815. The number of hydrogen-bond acceptors (Lipinski definition) is 1. The van der Waals surface area contributed by atoms with E-state index in [1.807, 2.05) is 0 Å². The molecular formula is C10H21BrO. The summed E-state index contributed by atoms with van der Waals surface area (Å²) in [5.74, 6) is 1.65. The minimum Gasteiger partial charge on any atom is -0.385 e. The van der Waals surface area contributed by atoms with Gasteiger partial charge in [-0.25, -0.2) is 0 Å². The van der Waals surface area contributed by atoms with E-state index in [-0.39, 0.29) is 0 Å². The average Bonchev–Trinajstić information content (AvgIpc) is 2.02. The zero-order valence-corrected chi connectivity index (χ0v) is 10.1. The van der Waals surface area contributed by atoms with E-state index >= 15 is 0 Å². The molecule has 0 aromatic heterocycles. The monoisotopic (exact) mass is 236 g/mol. The highest BCUT2D eigenvalue weighted by molar-refractivity contribution is 9.09. The smallest absolute Gasteiger partial charge is 0.0462 e. The summed E-state index contributed by atoms with van der Waals surface area (Å²) in [7, 11) is 1.77. The van der Waals surface area contributed by atoms with Crippen molar-refractivity contribution < 1.29 is 4.74 Å². The molecular weight excluding hydrogens is 216 g/mol. The van der Waals surface area contributed by atoms with E-state index in [2.05, 4.69) is 29.8 Å². The van der Waals surface area contributed by atoms with Crippen LogP contribution in [0, 0.1) is 11.8 Å². The second-order valence-electron chi connectivity index (χ2n) is 3.78. The molecule has 0 fully saturated rings. The molecule has 0 aliphatic heterocycles. The van der Waals surface area contributed by atoms with E-state index in [4.69, 9.17) is 4.74 Å². The first-order valence-electron chi connectivity index (χ1n) is 4.75. The van der Waals surface area contributed by atoms with Gasteiger partial charge in [0.15, 0.2) is 0 Å². The van der Waals surface area contributed by atoms with Gasteiger partial charge in [0.25, 0.3) is 0 Å². The Morgan fingerprint density at radius 3 is 2.42 bits per heavy atom. The van der Waals surface area contributed by atoms with Crippen LogP contribution in [0.3, 0.4) is 0 Å². The lowest BCUT2D eigenvalue weighted by atomic mass is 9.95. The van der Waals surface area contributed by atoms with Crippen molar-refractivity contribution in [1.29, 1.82) is 0 Å². The Labute approximate surface area is 85.0 Å². The Morgan fingerprint density at radius 1 is 1.33 bits per heavy atom. The lowest BCUT2D eigenvalue weighted by Crippen LogP contribution is -2.07. The van der Waals surface area contributed by atoms with Crippen LogP contribution in [-0.4, -0.2) is 19.0 Å². The van der Waals surface area contributed by atoms with Crippen LogP contribution in [0.25, 0.3) is 0 Å². The summed E-state index contributed by atoms with van der Waals surface area (Å²) in [6.45, 7) is 5.47. The van der Waals surface area contributed by atoms with Crippen molar-refractivity contribution >= 4 is 15.9 Å². The maximum atomic E-state index is 5.03. The van der Waals surface area contributed by atoms with E-state index in [0.717, 1.165) is 23.8 Å². The number of methoxy groups -OCH3 is 1. The van der Waals surface area contributed by atoms with Crippen molar-refractivity contribution in [2.24, 2.45) is 11.8 Å². The van der Waals surface area contributed by atoms with Crippen molar-refractivity contribution in [2.75, 3.05) is 19.0 Å². The minimum atomic E-state index is 0.815. The highest BCUT2D eigenvalue weighted by atomic mass is 79.9. The standard InChI is InChI=1S/C10H21BrO/c1-9(2)7-10(8-11)5-4-6-12-3/h9-10H,4-8H2,1-3H3. The molecule has 0 aliphatic carbocycles. The first-order chi connectivity index (χ1) is 5.70. The van der Waals surface area contributed by atoms with Gasteiger partial charge >= 0.3 is 0 Å². The predicted molar refractivity (Wildman–Crippen MR) is 57.8 cm³/mol. The Hall–Kier alpha value is 0.440. The van der Waals surface area contributed by atoms with Gasteiger partial charge in [0.2, 0.25) is 0 Å². The van der Waals surface area contributed by atoms with Crippen LogP contribution in [0.2, 0.25) is 0 Å². The lowest BCUT2D eigenvalue weighted by Gasteiger charge is -2.15. The summed E-state index contributed by atoms with van der Waals surface area (Å²) in [6, 6.07) is 0. The Bertz CT molecular complexity index is 93.8. The molecule has 0 saturated carbocycles. The van der Waals surface area contributed by atoms with Crippen LogP contribution in [-0.2, 0) is 4.74 Å². The fraction of sp³-hybridized carbons (Fsp3) is 1.00. The summed E-state index contributed by atoms with van der Waals surface area (Å²) in [5.41, 5.74) is 0. The van der Waals surface area contributed by atoms with Crippen molar-refractivity contribution in [1.82, 2.24) is 0 Å². The van der Waals surface area contributed by atoms with Gasteiger partial charge in [-0.15, -0.1) is 0 Å². The first-order valence-corrected chi connectivity index (χ1v) is 5.87. The SMILES string of the molecule is COCCCC(CBr)CC(C)C. The number of alkyl halides is 1. The zero-order chi connectivity index (χ0) is 9.40. The number of ether oxygens (including phenoxy) is 1. The summed E-state index contributed by atoms with van der Waals surface area (Å²) < 4.78 is 5.03. The molecule has 0 bridgehead atoms. The zero-order valence-electron chi connectivity index (χ0n) is 8.48. The Kier molecular flexibility index (Phi) is 8.35. The van der Waals surface area contributed by atoms with Crippen LogP contribution >= 0.6 is 15.9 Å². The highest BCUT2D eigenvalue weighted by Gasteiger charge is 2.08. The third kappa shape index (κ3) is 7.11. The topological polar surface area (TPSA) is 9.23 Å². The van der Waals surface area contributed by atoms with Gasteiger partial charge in [-0.05, 0) is 31.1 Å². The molecule has 0 aromatic rings. The van der Waals surface area contributed by atoms with Gasteiger partial charge in [-0.1, -0.05) is 29.8 Å².